The lowest BCUT2D eigenvalue weighted by atomic mass is 10.1. The highest BCUT2D eigenvalue weighted by Gasteiger charge is 2.04. The van der Waals surface area contributed by atoms with Gasteiger partial charge in [0.15, 0.2) is 0 Å². The van der Waals surface area contributed by atoms with Gasteiger partial charge in [0.05, 0.1) is 0 Å². The molecule has 14 heavy (non-hydrogen) atoms. The third-order valence-electron chi connectivity index (χ3n) is 1.82. The van der Waals surface area contributed by atoms with Crippen molar-refractivity contribution >= 4 is 11.6 Å². The van der Waals surface area contributed by atoms with Crippen LogP contribution < -0.4 is 5.73 Å². The van der Waals surface area contributed by atoms with E-state index in [0.29, 0.717) is 17.7 Å². The van der Waals surface area contributed by atoms with Crippen molar-refractivity contribution < 1.29 is 0 Å². The molecule has 78 valence electrons. The van der Waals surface area contributed by atoms with E-state index in [0.717, 1.165) is 24.2 Å². The molecule has 1 rings (SSSR count). The highest BCUT2D eigenvalue weighted by molar-refractivity contribution is 6.28. The summed E-state index contributed by atoms with van der Waals surface area (Å²) in [7, 11) is 0. The fraction of sp³-hybridized carbons (Fsp3) is 0.600. The first kappa shape index (κ1) is 11.4. The van der Waals surface area contributed by atoms with Crippen LogP contribution in [-0.2, 0) is 12.8 Å². The predicted octanol–water partition coefficient (Wildman–Crippen LogP) is 1.83. The summed E-state index contributed by atoms with van der Waals surface area (Å²) in [6, 6.07) is 1.98. The maximum atomic E-state index is 5.81. The Balaban J connectivity index is 2.83. The Morgan fingerprint density at radius 3 is 2.57 bits per heavy atom. The van der Waals surface area contributed by atoms with E-state index < -0.39 is 0 Å². The van der Waals surface area contributed by atoms with Gasteiger partial charge in [0.1, 0.15) is 0 Å². The van der Waals surface area contributed by atoms with Gasteiger partial charge in [0.2, 0.25) is 5.28 Å². The molecule has 1 heterocycles. The number of hydrogen-bond donors (Lipinski definition) is 1. The Labute approximate surface area is 89.7 Å². The van der Waals surface area contributed by atoms with Crippen molar-refractivity contribution in [2.75, 3.05) is 6.54 Å². The topological polar surface area (TPSA) is 51.8 Å². The molecule has 0 aliphatic rings. The first-order valence-corrected chi connectivity index (χ1v) is 5.22. The molecule has 0 amide bonds. The number of nitrogens with two attached hydrogens (primary N) is 1. The second-order valence-electron chi connectivity index (χ2n) is 3.76. The van der Waals surface area contributed by atoms with Crippen LogP contribution in [0.15, 0.2) is 6.07 Å². The van der Waals surface area contributed by atoms with Gasteiger partial charge in [-0.1, -0.05) is 13.8 Å². The van der Waals surface area contributed by atoms with E-state index in [-0.39, 0.29) is 0 Å². The summed E-state index contributed by atoms with van der Waals surface area (Å²) >= 11 is 5.81. The Morgan fingerprint density at radius 1 is 1.36 bits per heavy atom. The molecule has 0 fully saturated rings. The smallest absolute Gasteiger partial charge is 0.222 e. The molecule has 0 spiro atoms. The summed E-state index contributed by atoms with van der Waals surface area (Å²) in [5.74, 6) is 0.576. The van der Waals surface area contributed by atoms with Crippen LogP contribution in [0, 0.1) is 5.92 Å². The lowest BCUT2D eigenvalue weighted by Crippen LogP contribution is -2.07. The van der Waals surface area contributed by atoms with E-state index in [1.54, 1.807) is 0 Å². The molecule has 0 bridgehead atoms. The number of aromatic nitrogens is 2. The van der Waals surface area contributed by atoms with Crippen molar-refractivity contribution in [2.24, 2.45) is 11.7 Å². The van der Waals surface area contributed by atoms with E-state index in [4.69, 9.17) is 17.3 Å². The molecule has 4 heteroatoms. The van der Waals surface area contributed by atoms with Crippen LogP contribution in [0.5, 0.6) is 0 Å². The SMILES string of the molecule is CC(C)Cc1cc(CCN)nc(Cl)n1. The summed E-state index contributed by atoms with van der Waals surface area (Å²) in [6.07, 6.45) is 1.69. The lowest BCUT2D eigenvalue weighted by molar-refractivity contribution is 0.632. The second kappa shape index (κ2) is 5.27. The van der Waals surface area contributed by atoms with Gasteiger partial charge in [-0.25, -0.2) is 9.97 Å². The number of rotatable bonds is 4. The van der Waals surface area contributed by atoms with Crippen molar-refractivity contribution in [1.82, 2.24) is 9.97 Å². The molecule has 0 aromatic carbocycles. The van der Waals surface area contributed by atoms with Crippen LogP contribution in [-0.4, -0.2) is 16.5 Å². The van der Waals surface area contributed by atoms with Gasteiger partial charge in [0, 0.05) is 17.8 Å². The Bertz CT molecular complexity index is 299. The number of nitrogens with zero attached hydrogens (tertiary/aromatic N) is 2. The molecule has 0 saturated heterocycles. The molecule has 3 nitrogen and oxygen atoms in total. The highest BCUT2D eigenvalue weighted by Crippen LogP contribution is 2.10. The van der Waals surface area contributed by atoms with Gasteiger partial charge in [-0.05, 0) is 36.6 Å². The highest BCUT2D eigenvalue weighted by atomic mass is 35.5. The van der Waals surface area contributed by atoms with Crippen LogP contribution in [0.25, 0.3) is 0 Å². The second-order valence-corrected chi connectivity index (χ2v) is 4.09. The Kier molecular flexibility index (Phi) is 4.29. The van der Waals surface area contributed by atoms with Gasteiger partial charge in [-0.2, -0.15) is 0 Å². The molecular formula is C10H16ClN3. The molecule has 0 unspecified atom stereocenters. The molecule has 0 aliphatic heterocycles. The monoisotopic (exact) mass is 213 g/mol. The van der Waals surface area contributed by atoms with Gasteiger partial charge >= 0.3 is 0 Å². The predicted molar refractivity (Wildman–Crippen MR) is 58.3 cm³/mol. The van der Waals surface area contributed by atoms with Crippen molar-refractivity contribution in [3.63, 3.8) is 0 Å². The molecule has 0 radical (unpaired) electrons. The maximum Gasteiger partial charge on any atom is 0.222 e. The molecule has 1 aromatic rings. The summed E-state index contributed by atoms with van der Waals surface area (Å²) in [5.41, 5.74) is 7.40. The van der Waals surface area contributed by atoms with Crippen molar-refractivity contribution in [1.29, 1.82) is 0 Å². The Hall–Kier alpha value is -0.670. The summed E-state index contributed by atoms with van der Waals surface area (Å²) in [5, 5.41) is 0.326. The van der Waals surface area contributed by atoms with Crippen molar-refractivity contribution in [2.45, 2.75) is 26.7 Å². The quantitative estimate of drug-likeness (QED) is 0.777. The molecule has 2 N–H and O–H groups in total. The van der Waals surface area contributed by atoms with E-state index >= 15 is 0 Å². The van der Waals surface area contributed by atoms with Gasteiger partial charge in [0.25, 0.3) is 0 Å². The van der Waals surface area contributed by atoms with Gasteiger partial charge < -0.3 is 5.73 Å². The zero-order valence-electron chi connectivity index (χ0n) is 8.63. The Morgan fingerprint density at radius 2 is 2.00 bits per heavy atom. The normalized spacial score (nSPS) is 10.9. The minimum Gasteiger partial charge on any atom is -0.330 e. The molecule has 0 saturated carbocycles. The third-order valence-corrected chi connectivity index (χ3v) is 1.99. The lowest BCUT2D eigenvalue weighted by Gasteiger charge is -2.06. The van der Waals surface area contributed by atoms with Gasteiger partial charge in [-0.3, -0.25) is 0 Å². The average Bonchev–Trinajstić information content (AvgIpc) is 2.01. The van der Waals surface area contributed by atoms with E-state index in [1.807, 2.05) is 6.07 Å². The van der Waals surface area contributed by atoms with E-state index in [9.17, 15) is 0 Å². The maximum absolute atomic E-state index is 5.81. The zero-order chi connectivity index (χ0) is 10.6. The molecule has 0 aliphatic carbocycles. The van der Waals surface area contributed by atoms with Crippen LogP contribution >= 0.6 is 11.6 Å². The molecular weight excluding hydrogens is 198 g/mol. The largest absolute Gasteiger partial charge is 0.330 e. The zero-order valence-corrected chi connectivity index (χ0v) is 9.38. The fourth-order valence-corrected chi connectivity index (χ4v) is 1.53. The van der Waals surface area contributed by atoms with Crippen LogP contribution in [0.1, 0.15) is 25.2 Å². The van der Waals surface area contributed by atoms with Gasteiger partial charge in [-0.15, -0.1) is 0 Å². The first-order chi connectivity index (χ1) is 6.61. The van der Waals surface area contributed by atoms with Crippen LogP contribution in [0.4, 0.5) is 0 Å². The standard InChI is InChI=1S/C10H16ClN3/c1-7(2)5-9-6-8(3-4-12)13-10(11)14-9/h6-7H,3-5,12H2,1-2H3. The van der Waals surface area contributed by atoms with Crippen LogP contribution in [0.2, 0.25) is 5.28 Å². The number of hydrogen-bond acceptors (Lipinski definition) is 3. The minimum atomic E-state index is 0.326. The molecule has 1 aromatic heterocycles. The van der Waals surface area contributed by atoms with Crippen molar-refractivity contribution in [3.8, 4) is 0 Å². The molecule has 0 atom stereocenters. The fourth-order valence-electron chi connectivity index (χ4n) is 1.32. The van der Waals surface area contributed by atoms with Crippen LogP contribution in [0.3, 0.4) is 0 Å². The van der Waals surface area contributed by atoms with E-state index in [2.05, 4.69) is 23.8 Å². The summed E-state index contributed by atoms with van der Waals surface area (Å²) in [6.45, 7) is 4.89. The summed E-state index contributed by atoms with van der Waals surface area (Å²) in [4.78, 5) is 8.27. The first-order valence-electron chi connectivity index (χ1n) is 4.84. The summed E-state index contributed by atoms with van der Waals surface area (Å²) < 4.78 is 0. The number of halogens is 1. The average molecular weight is 214 g/mol. The minimum absolute atomic E-state index is 0.326. The third kappa shape index (κ3) is 3.60. The van der Waals surface area contributed by atoms with Crippen molar-refractivity contribution in [3.05, 3.63) is 22.7 Å². The van der Waals surface area contributed by atoms with E-state index in [1.165, 1.54) is 0 Å².